The number of carboxylic acids is 1. The minimum atomic E-state index is -1.05. The van der Waals surface area contributed by atoms with Gasteiger partial charge in [-0.15, -0.1) is 11.3 Å². The molecule has 2 heterocycles. The second-order valence-electron chi connectivity index (χ2n) is 9.41. The third kappa shape index (κ3) is 6.45. The number of carbonyl (C=O) groups excluding carboxylic acids is 1. The van der Waals surface area contributed by atoms with Crippen LogP contribution in [0.5, 0.6) is 0 Å². The largest absolute Gasteiger partial charge is 0.481 e. The van der Waals surface area contributed by atoms with E-state index in [1.54, 1.807) is 12.3 Å². The van der Waals surface area contributed by atoms with Crippen molar-refractivity contribution in [3.63, 3.8) is 0 Å². The number of hydrogen-bond donors (Lipinski definition) is 2. The SMILES string of the molecule is Cc1ccn(C(CC(C)C)C(=O)NC(CC(=O)O)c2csc(-c3c(C)cc(F)cc3C)c2)c(=O)c1. The molecule has 0 radical (unpaired) electrons. The molecule has 6 nitrogen and oxygen atoms in total. The molecule has 1 amide bonds. The molecule has 1 aromatic carbocycles. The van der Waals surface area contributed by atoms with E-state index in [1.807, 2.05) is 46.1 Å². The van der Waals surface area contributed by atoms with Crippen LogP contribution in [0.4, 0.5) is 4.39 Å². The number of halogens is 1. The molecule has 35 heavy (non-hydrogen) atoms. The van der Waals surface area contributed by atoms with Crippen LogP contribution in [-0.2, 0) is 9.59 Å². The van der Waals surface area contributed by atoms with Gasteiger partial charge in [-0.25, -0.2) is 4.39 Å². The summed E-state index contributed by atoms with van der Waals surface area (Å²) in [6.45, 7) is 9.40. The molecule has 0 bridgehead atoms. The van der Waals surface area contributed by atoms with Crippen molar-refractivity contribution in [1.82, 2.24) is 9.88 Å². The van der Waals surface area contributed by atoms with Gasteiger partial charge >= 0.3 is 5.97 Å². The molecule has 8 heteroatoms. The molecule has 2 N–H and O–H groups in total. The van der Waals surface area contributed by atoms with Crippen LogP contribution in [0.15, 0.2) is 46.7 Å². The van der Waals surface area contributed by atoms with E-state index >= 15 is 0 Å². The predicted octanol–water partition coefficient (Wildman–Crippen LogP) is 5.56. The molecule has 0 aliphatic heterocycles. The van der Waals surface area contributed by atoms with Crippen LogP contribution in [0.25, 0.3) is 10.4 Å². The highest BCUT2D eigenvalue weighted by Crippen LogP contribution is 2.35. The number of nitrogens with one attached hydrogen (secondary N) is 1. The summed E-state index contributed by atoms with van der Waals surface area (Å²) in [6, 6.07) is 6.49. The number of benzene rings is 1. The number of thiophene rings is 1. The van der Waals surface area contributed by atoms with Crippen molar-refractivity contribution in [2.45, 2.75) is 59.5 Å². The van der Waals surface area contributed by atoms with Crippen LogP contribution in [0.3, 0.4) is 0 Å². The molecule has 3 rings (SSSR count). The van der Waals surface area contributed by atoms with Gasteiger partial charge in [-0.1, -0.05) is 13.8 Å². The number of aryl methyl sites for hydroxylation is 3. The fraction of sp³-hybridized carbons (Fsp3) is 0.370. The fourth-order valence-corrected chi connectivity index (χ4v) is 5.44. The minimum Gasteiger partial charge on any atom is -0.481 e. The second-order valence-corrected chi connectivity index (χ2v) is 10.3. The number of amides is 1. The number of aromatic nitrogens is 1. The van der Waals surface area contributed by atoms with Crippen LogP contribution in [0.2, 0.25) is 0 Å². The van der Waals surface area contributed by atoms with E-state index in [-0.39, 0.29) is 23.7 Å². The van der Waals surface area contributed by atoms with Crippen LogP contribution in [-0.4, -0.2) is 21.6 Å². The smallest absolute Gasteiger partial charge is 0.305 e. The van der Waals surface area contributed by atoms with E-state index in [0.717, 1.165) is 27.1 Å². The first kappa shape index (κ1) is 26.3. The van der Waals surface area contributed by atoms with E-state index in [0.29, 0.717) is 12.0 Å². The van der Waals surface area contributed by atoms with E-state index < -0.39 is 24.0 Å². The summed E-state index contributed by atoms with van der Waals surface area (Å²) in [6.07, 6.45) is 1.73. The van der Waals surface area contributed by atoms with Crippen molar-refractivity contribution in [3.05, 3.63) is 80.3 Å². The zero-order chi connectivity index (χ0) is 25.9. The molecule has 0 saturated heterocycles. The van der Waals surface area contributed by atoms with Crippen molar-refractivity contribution in [2.75, 3.05) is 0 Å². The first-order chi connectivity index (χ1) is 16.5. The number of aliphatic carboxylic acids is 1. The highest BCUT2D eigenvalue weighted by Gasteiger charge is 2.27. The average Bonchev–Trinajstić information content (AvgIpc) is 3.20. The third-order valence-electron chi connectivity index (χ3n) is 5.90. The number of rotatable bonds is 9. The lowest BCUT2D eigenvalue weighted by atomic mass is 9.98. The van der Waals surface area contributed by atoms with Crippen LogP contribution in [0.1, 0.15) is 61.0 Å². The Bertz CT molecular complexity index is 1270. The van der Waals surface area contributed by atoms with Crippen molar-refractivity contribution in [1.29, 1.82) is 0 Å². The standard InChI is InChI=1S/C27H31FN2O4S/c1-15(2)8-22(30-7-6-16(3)9-24(30)31)27(34)29-21(13-25(32)33)19-12-23(35-14-19)26-17(4)10-20(28)11-18(26)5/h6-7,9-12,14-15,21-22H,8,13H2,1-5H3,(H,29,34)(H,32,33). The molecular weight excluding hydrogens is 467 g/mol. The van der Waals surface area contributed by atoms with Gasteiger partial charge in [-0.2, -0.15) is 0 Å². The van der Waals surface area contributed by atoms with Crippen molar-refractivity contribution < 1.29 is 19.1 Å². The molecule has 0 saturated carbocycles. The van der Waals surface area contributed by atoms with E-state index in [4.69, 9.17) is 0 Å². The summed E-state index contributed by atoms with van der Waals surface area (Å²) in [4.78, 5) is 38.5. The summed E-state index contributed by atoms with van der Waals surface area (Å²) in [5.41, 5.74) is 3.64. The quantitative estimate of drug-likeness (QED) is 0.404. The molecule has 0 fully saturated rings. The van der Waals surface area contributed by atoms with Crippen LogP contribution in [0, 0.1) is 32.5 Å². The lowest BCUT2D eigenvalue weighted by molar-refractivity contribution is -0.138. The molecule has 2 atom stereocenters. The Morgan fingerprint density at radius 2 is 1.77 bits per heavy atom. The highest BCUT2D eigenvalue weighted by atomic mass is 32.1. The molecule has 2 unspecified atom stereocenters. The van der Waals surface area contributed by atoms with Gasteiger partial charge in [-0.05, 0) is 90.6 Å². The van der Waals surface area contributed by atoms with Crippen molar-refractivity contribution >= 4 is 23.2 Å². The Morgan fingerprint density at radius 3 is 2.34 bits per heavy atom. The fourth-order valence-electron chi connectivity index (χ4n) is 4.30. The first-order valence-corrected chi connectivity index (χ1v) is 12.4. The molecular formula is C27H31FN2O4S. The van der Waals surface area contributed by atoms with Crippen LogP contribution < -0.4 is 10.9 Å². The number of pyridine rings is 1. The summed E-state index contributed by atoms with van der Waals surface area (Å²) in [5.74, 6) is -1.63. The zero-order valence-electron chi connectivity index (χ0n) is 20.6. The van der Waals surface area contributed by atoms with Gasteiger partial charge < -0.3 is 15.0 Å². The molecule has 2 aromatic heterocycles. The van der Waals surface area contributed by atoms with E-state index in [2.05, 4.69) is 5.32 Å². The van der Waals surface area contributed by atoms with Crippen molar-refractivity contribution in [2.24, 2.45) is 5.92 Å². The molecule has 0 aliphatic rings. The Hall–Kier alpha value is -3.26. The minimum absolute atomic E-state index is 0.133. The summed E-state index contributed by atoms with van der Waals surface area (Å²) >= 11 is 1.42. The number of nitrogens with zero attached hydrogens (tertiary/aromatic N) is 1. The lowest BCUT2D eigenvalue weighted by Gasteiger charge is -2.24. The molecule has 0 spiro atoms. The Kier molecular flexibility index (Phi) is 8.27. The number of carbonyl (C=O) groups is 2. The van der Waals surface area contributed by atoms with Gasteiger partial charge in [0.25, 0.3) is 5.56 Å². The van der Waals surface area contributed by atoms with Gasteiger partial charge in [0.1, 0.15) is 11.9 Å². The maximum atomic E-state index is 13.8. The van der Waals surface area contributed by atoms with Gasteiger partial charge in [0.2, 0.25) is 5.91 Å². The summed E-state index contributed by atoms with van der Waals surface area (Å²) in [5, 5.41) is 14.2. The molecule has 0 aliphatic carbocycles. The Morgan fingerprint density at radius 1 is 1.11 bits per heavy atom. The molecule has 186 valence electrons. The maximum absolute atomic E-state index is 13.8. The third-order valence-corrected chi connectivity index (χ3v) is 6.86. The van der Waals surface area contributed by atoms with Gasteiger partial charge in [0, 0.05) is 17.1 Å². The Labute approximate surface area is 208 Å². The summed E-state index contributed by atoms with van der Waals surface area (Å²) in [7, 11) is 0. The normalized spacial score (nSPS) is 13.0. The van der Waals surface area contributed by atoms with Crippen LogP contribution >= 0.6 is 11.3 Å². The molecule has 3 aromatic rings. The number of hydrogen-bond acceptors (Lipinski definition) is 4. The van der Waals surface area contributed by atoms with Gasteiger partial charge in [0.05, 0.1) is 12.5 Å². The average molecular weight is 499 g/mol. The van der Waals surface area contributed by atoms with E-state index in [9.17, 15) is 23.9 Å². The highest BCUT2D eigenvalue weighted by molar-refractivity contribution is 7.13. The van der Waals surface area contributed by atoms with Crippen molar-refractivity contribution in [3.8, 4) is 10.4 Å². The topological polar surface area (TPSA) is 88.4 Å². The summed E-state index contributed by atoms with van der Waals surface area (Å²) < 4.78 is 15.2. The van der Waals surface area contributed by atoms with E-state index in [1.165, 1.54) is 34.1 Å². The number of carboxylic acid groups (broad SMARTS) is 1. The first-order valence-electron chi connectivity index (χ1n) is 11.5. The predicted molar refractivity (Wildman–Crippen MR) is 136 cm³/mol. The Balaban J connectivity index is 1.94. The lowest BCUT2D eigenvalue weighted by Crippen LogP contribution is -2.40. The van der Waals surface area contributed by atoms with Gasteiger partial charge in [-0.3, -0.25) is 14.4 Å². The second kappa shape index (κ2) is 11.0. The monoisotopic (exact) mass is 498 g/mol. The maximum Gasteiger partial charge on any atom is 0.305 e. The van der Waals surface area contributed by atoms with Gasteiger partial charge in [0.15, 0.2) is 0 Å². The zero-order valence-corrected chi connectivity index (χ0v) is 21.4.